The molecule has 24 heteroatoms. The molecule has 0 aliphatic heterocycles. The molecule has 0 saturated heterocycles. The first-order chi connectivity index (χ1) is 32.6. The van der Waals surface area contributed by atoms with Crippen molar-refractivity contribution in [3.8, 4) is 37.4 Å². The summed E-state index contributed by atoms with van der Waals surface area (Å²) in [5.41, 5.74) is -2.72. The Morgan fingerprint density at radius 2 is 0.986 bits per heavy atom. The molecular formula is C47H41Cl2F6NO9S6. The normalized spacial score (nSPS) is 23.7. The van der Waals surface area contributed by atoms with Crippen LogP contribution < -0.4 is 0 Å². The number of rotatable bonds is 6. The van der Waals surface area contributed by atoms with Crippen LogP contribution in [0.5, 0.6) is 0 Å². The molecule has 3 heterocycles. The zero-order valence-electron chi connectivity index (χ0n) is 38.0. The molecule has 3 aromatic heterocycles. The maximum absolute atomic E-state index is 14.6. The van der Waals surface area contributed by atoms with Crippen LogP contribution in [0.4, 0.5) is 26.3 Å². The highest BCUT2D eigenvalue weighted by Gasteiger charge is 2.49. The van der Waals surface area contributed by atoms with Crippen LogP contribution in [0.3, 0.4) is 0 Å². The summed E-state index contributed by atoms with van der Waals surface area (Å²) in [6.45, 7) is 3.68. The Hall–Kier alpha value is -3.86. The van der Waals surface area contributed by atoms with Crippen LogP contribution in [-0.2, 0) is 48.8 Å². The summed E-state index contributed by atoms with van der Waals surface area (Å²) < 4.78 is 156. The van der Waals surface area contributed by atoms with Gasteiger partial charge in [-0.25, -0.2) is 51.6 Å². The Morgan fingerprint density at radius 3 is 1.42 bits per heavy atom. The molecule has 6 atom stereocenters. The van der Waals surface area contributed by atoms with Crippen molar-refractivity contribution >= 4 is 86.7 Å². The molecule has 9 rings (SSSR count). The van der Waals surface area contributed by atoms with Crippen LogP contribution >= 0.6 is 57.2 Å². The fourth-order valence-corrected chi connectivity index (χ4v) is 16.9. The third kappa shape index (κ3) is 10.7. The lowest BCUT2D eigenvalue weighted by Gasteiger charge is -2.32. The Morgan fingerprint density at radius 1 is 0.577 bits per heavy atom. The van der Waals surface area contributed by atoms with Crippen LogP contribution in [0, 0.1) is 28.8 Å². The maximum Gasteiger partial charge on any atom is 0.185 e. The van der Waals surface area contributed by atoms with E-state index >= 15 is 0 Å². The first kappa shape index (κ1) is 54.9. The van der Waals surface area contributed by atoms with Gasteiger partial charge in [0.15, 0.2) is 41.1 Å². The number of benzene rings is 3. The average Bonchev–Trinajstić information content (AvgIpc) is 4.02. The molecule has 0 saturated carbocycles. The van der Waals surface area contributed by atoms with E-state index in [1.54, 1.807) is 12.1 Å². The van der Waals surface area contributed by atoms with Crippen molar-refractivity contribution in [3.05, 3.63) is 121 Å². The number of halogens is 8. The minimum absolute atomic E-state index is 0.0298. The maximum atomic E-state index is 14.6. The molecule has 6 aromatic rings. The third-order valence-electron chi connectivity index (χ3n) is 12.1. The van der Waals surface area contributed by atoms with Crippen LogP contribution in [0.1, 0.15) is 84.4 Å². The summed E-state index contributed by atoms with van der Waals surface area (Å²) in [7, 11) is -11.0. The van der Waals surface area contributed by atoms with E-state index in [0.29, 0.717) is 59.5 Å². The molecule has 3 N–H and O–H groups in total. The number of sulfone groups is 3. The molecule has 0 radical (unpaired) electrons. The number of alkyl halides is 3. The van der Waals surface area contributed by atoms with Crippen molar-refractivity contribution in [2.45, 2.75) is 94.4 Å². The number of hydrogen-bond donors (Lipinski definition) is 3. The quantitative estimate of drug-likeness (QED) is 0.135. The number of thiophene rings is 3. The number of fused-ring (bicyclic) bond motifs is 3. The van der Waals surface area contributed by atoms with E-state index in [1.807, 2.05) is 6.07 Å². The Balaban J connectivity index is 0.000000157. The zero-order valence-corrected chi connectivity index (χ0v) is 44.4. The fraction of sp³-hybridized carbons (Fsp3) is 0.340. The van der Waals surface area contributed by atoms with Gasteiger partial charge in [-0.3, -0.25) is 0 Å². The van der Waals surface area contributed by atoms with E-state index in [1.165, 1.54) is 45.0 Å². The van der Waals surface area contributed by atoms with Crippen LogP contribution in [0.2, 0.25) is 10.0 Å². The van der Waals surface area contributed by atoms with Crippen molar-refractivity contribution in [1.82, 2.24) is 0 Å². The summed E-state index contributed by atoms with van der Waals surface area (Å²) in [6, 6.07) is 13.8. The third-order valence-corrected chi connectivity index (χ3v) is 22.0. The van der Waals surface area contributed by atoms with Gasteiger partial charge < -0.3 is 15.3 Å². The van der Waals surface area contributed by atoms with E-state index in [-0.39, 0.29) is 59.2 Å². The second kappa shape index (κ2) is 19.1. The van der Waals surface area contributed by atoms with E-state index < -0.39 is 82.3 Å². The molecule has 3 aromatic carbocycles. The van der Waals surface area contributed by atoms with E-state index in [0.717, 1.165) is 71.0 Å². The molecule has 3 aliphatic carbocycles. The Kier molecular flexibility index (Phi) is 14.8. The molecule has 0 bridgehead atoms. The largest absolute Gasteiger partial charge is 0.385 e. The summed E-state index contributed by atoms with van der Waals surface area (Å²) in [5.74, 6) is -2.68. The lowest BCUT2D eigenvalue weighted by molar-refractivity contribution is -0.0123. The van der Waals surface area contributed by atoms with Crippen LogP contribution in [0.25, 0.3) is 31.3 Å². The van der Waals surface area contributed by atoms with Gasteiger partial charge in [0.05, 0.1) is 11.6 Å². The highest BCUT2D eigenvalue weighted by atomic mass is 35.5. The highest BCUT2D eigenvalue weighted by molar-refractivity contribution is 7.93. The first-order valence-electron chi connectivity index (χ1n) is 20.9. The molecule has 0 spiro atoms. The SMILES string of the molecule is CC1(F)CCc2c(-c3cc(Cl)cc(C#N)c3)sc(S(C)(=O)=O)c2[C@@H]1O.CC1(F)Cc2c(-c3cc(F)cc(Cl)c3)sc(S(C)(=O)=O)c2[C@@H]1O.CC1(F)Cc2c(-c3ccc(F)c(F)c3)sc(S(C)(=O)=O)c2[C@@H]1O. The van der Waals surface area contributed by atoms with Crippen molar-refractivity contribution in [3.63, 3.8) is 0 Å². The summed E-state index contributed by atoms with van der Waals surface area (Å²) >= 11 is 14.6. The fourth-order valence-electron chi connectivity index (χ4n) is 8.72. The van der Waals surface area contributed by atoms with Gasteiger partial charge in [-0.2, -0.15) is 5.26 Å². The van der Waals surface area contributed by atoms with Gasteiger partial charge in [0.1, 0.15) is 53.8 Å². The number of nitriles is 1. The number of aliphatic hydroxyl groups excluding tert-OH is 3. The van der Waals surface area contributed by atoms with Gasteiger partial charge in [0.25, 0.3) is 0 Å². The van der Waals surface area contributed by atoms with E-state index in [9.17, 15) is 66.9 Å². The lowest BCUT2D eigenvalue weighted by Crippen LogP contribution is -2.33. The minimum atomic E-state index is -3.69. The van der Waals surface area contributed by atoms with Gasteiger partial charge in [-0.15, -0.1) is 34.0 Å². The number of hydrogen-bond acceptors (Lipinski definition) is 13. The molecule has 0 fully saturated rings. The standard InChI is InChI=1S/C17H15ClFNO3S2.C15H13ClF2O3S2.C15H13F3O3S2/c1-17(19)4-3-12-13(15(17)21)16(25(2,22)23)24-14(12)10-5-9(8-20)6-11(18)7-10;1-15(18)6-10-11(13(15)19)14(23(2,20)21)22-12(10)7-3-8(16)5-9(17)4-7;1-15(18)6-8-11(13(15)19)14(23(2,20)21)22-12(8)7-3-4-9(16)10(17)5-7/h5-7,15,21H,3-4H2,1-2H3;2*3-5,13,19H,6H2,1-2H3/t15-,17?;2*13-,15?/m000/s1. The van der Waals surface area contributed by atoms with E-state index in [2.05, 4.69) is 0 Å². The van der Waals surface area contributed by atoms with Gasteiger partial charge in [-0.05, 0) is 116 Å². The van der Waals surface area contributed by atoms with Crippen molar-refractivity contribution in [1.29, 1.82) is 5.26 Å². The Labute approximate surface area is 427 Å². The van der Waals surface area contributed by atoms with E-state index in [4.69, 9.17) is 28.5 Å². The van der Waals surface area contributed by atoms with Crippen LogP contribution in [-0.4, -0.2) is 76.3 Å². The number of aliphatic hydroxyl groups is 3. The molecule has 10 nitrogen and oxygen atoms in total. The van der Waals surface area contributed by atoms with Gasteiger partial charge in [0.2, 0.25) is 0 Å². The monoisotopic (exact) mass is 1140 g/mol. The van der Waals surface area contributed by atoms with Crippen LogP contribution in [0.15, 0.2) is 67.2 Å². The number of nitrogens with zero attached hydrogens (tertiary/aromatic N) is 1. The molecule has 0 amide bonds. The lowest BCUT2D eigenvalue weighted by atomic mass is 9.81. The van der Waals surface area contributed by atoms with Gasteiger partial charge in [0, 0.05) is 73.0 Å². The summed E-state index contributed by atoms with van der Waals surface area (Å²) in [5, 5.41) is 40.4. The predicted molar refractivity (Wildman–Crippen MR) is 262 cm³/mol. The molecule has 3 unspecified atom stereocenters. The molecule has 380 valence electrons. The summed E-state index contributed by atoms with van der Waals surface area (Å²) in [4.78, 5) is 1.35. The van der Waals surface area contributed by atoms with Gasteiger partial charge in [-0.1, -0.05) is 29.3 Å². The van der Waals surface area contributed by atoms with Crippen molar-refractivity contribution < 1.29 is 66.9 Å². The predicted octanol–water partition coefficient (Wildman–Crippen LogP) is 11.4. The van der Waals surface area contributed by atoms with Gasteiger partial charge >= 0.3 is 0 Å². The van der Waals surface area contributed by atoms with Crippen molar-refractivity contribution in [2.75, 3.05) is 18.8 Å². The Bertz CT molecular complexity index is 3530. The average molecular weight is 1140 g/mol. The first-order valence-corrected chi connectivity index (χ1v) is 29.8. The van der Waals surface area contributed by atoms with Crippen molar-refractivity contribution in [2.24, 2.45) is 0 Å². The molecular weight excluding hydrogens is 1100 g/mol. The topological polar surface area (TPSA) is 187 Å². The second-order valence-corrected chi connectivity index (χ2v) is 28.7. The smallest absolute Gasteiger partial charge is 0.185 e. The molecule has 3 aliphatic rings. The zero-order chi connectivity index (χ0) is 52.9. The highest BCUT2D eigenvalue weighted by Crippen LogP contribution is 2.55. The minimum Gasteiger partial charge on any atom is -0.385 e. The molecule has 71 heavy (non-hydrogen) atoms. The second-order valence-electron chi connectivity index (χ2n) is 18.2. The summed E-state index contributed by atoms with van der Waals surface area (Å²) in [6.07, 6.45) is -1.55.